The van der Waals surface area contributed by atoms with E-state index in [1.54, 1.807) is 17.1 Å². The molecule has 2 aliphatic rings. The summed E-state index contributed by atoms with van der Waals surface area (Å²) in [6.45, 7) is 3.49. The van der Waals surface area contributed by atoms with E-state index >= 15 is 0 Å². The number of nitrogens with one attached hydrogen (secondary N) is 2. The molecule has 0 saturated carbocycles. The number of carbonyl (C=O) groups is 2. The largest absolute Gasteiger partial charge is 0.349 e. The van der Waals surface area contributed by atoms with Crippen LogP contribution in [-0.2, 0) is 16.0 Å². The fourth-order valence-corrected chi connectivity index (χ4v) is 2.77. The van der Waals surface area contributed by atoms with Gasteiger partial charge in [0, 0.05) is 24.4 Å². The third kappa shape index (κ3) is 3.04. The molecule has 1 fully saturated rings. The molecule has 5 nitrogen and oxygen atoms in total. The van der Waals surface area contributed by atoms with Gasteiger partial charge in [0.1, 0.15) is 0 Å². The summed E-state index contributed by atoms with van der Waals surface area (Å²) >= 11 is 0. The second kappa shape index (κ2) is 6.32. The number of rotatable bonds is 4. The minimum atomic E-state index is -0.156. The Morgan fingerprint density at radius 1 is 1.41 bits per heavy atom. The van der Waals surface area contributed by atoms with Crippen molar-refractivity contribution in [2.45, 2.75) is 31.8 Å². The van der Waals surface area contributed by atoms with Crippen LogP contribution in [0.3, 0.4) is 0 Å². The monoisotopic (exact) mass is 299 g/mol. The van der Waals surface area contributed by atoms with Crippen molar-refractivity contribution in [1.29, 1.82) is 0 Å². The van der Waals surface area contributed by atoms with Gasteiger partial charge in [-0.05, 0) is 37.9 Å². The predicted molar refractivity (Wildman–Crippen MR) is 85.7 cm³/mol. The highest BCUT2D eigenvalue weighted by Crippen LogP contribution is 2.27. The summed E-state index contributed by atoms with van der Waals surface area (Å²) in [5.74, 6) is -0.0322. The summed E-state index contributed by atoms with van der Waals surface area (Å²) in [5.41, 5.74) is 2.20. The molecule has 1 saturated heterocycles. The molecule has 3 rings (SSSR count). The second-order valence-corrected chi connectivity index (χ2v) is 5.82. The summed E-state index contributed by atoms with van der Waals surface area (Å²) in [6, 6.07) is 7.74. The van der Waals surface area contributed by atoms with Gasteiger partial charge in [0.05, 0.1) is 6.04 Å². The molecule has 0 radical (unpaired) electrons. The molecule has 0 unspecified atom stereocenters. The number of nitrogens with zero attached hydrogens (tertiary/aromatic N) is 1. The zero-order chi connectivity index (χ0) is 15.5. The predicted octanol–water partition coefficient (Wildman–Crippen LogP) is 0.998. The number of hydrogen-bond donors (Lipinski definition) is 2. The topological polar surface area (TPSA) is 61.4 Å². The van der Waals surface area contributed by atoms with Crippen molar-refractivity contribution in [1.82, 2.24) is 10.6 Å². The Kier molecular flexibility index (Phi) is 4.24. The Hall–Kier alpha value is -2.14. The van der Waals surface area contributed by atoms with Gasteiger partial charge >= 0.3 is 0 Å². The van der Waals surface area contributed by atoms with Crippen LogP contribution in [-0.4, -0.2) is 37.0 Å². The van der Waals surface area contributed by atoms with Crippen LogP contribution in [0.4, 0.5) is 5.69 Å². The van der Waals surface area contributed by atoms with E-state index in [-0.39, 0.29) is 23.9 Å². The van der Waals surface area contributed by atoms with E-state index in [1.165, 1.54) is 5.56 Å². The van der Waals surface area contributed by atoms with Crippen LogP contribution in [0.25, 0.3) is 0 Å². The summed E-state index contributed by atoms with van der Waals surface area (Å²) < 4.78 is 0. The molecule has 2 atom stereocenters. The lowest BCUT2D eigenvalue weighted by Gasteiger charge is -2.27. The Morgan fingerprint density at radius 2 is 2.18 bits per heavy atom. The highest BCUT2D eigenvalue weighted by Gasteiger charge is 2.25. The SMILES string of the molecule is C[C@@H](/C=C/C(=O)N1CCc2ccccc21)NC(=O)[C@@H]1CCN1. The fraction of sp³-hybridized carbons (Fsp3) is 0.412. The van der Waals surface area contributed by atoms with Crippen molar-refractivity contribution in [3.05, 3.63) is 42.0 Å². The Balaban J connectivity index is 1.56. The molecule has 1 aromatic carbocycles. The summed E-state index contributed by atoms with van der Waals surface area (Å²) in [4.78, 5) is 25.9. The molecule has 2 N–H and O–H groups in total. The van der Waals surface area contributed by atoms with Crippen molar-refractivity contribution in [3.63, 3.8) is 0 Å². The number of hydrogen-bond acceptors (Lipinski definition) is 3. The highest BCUT2D eigenvalue weighted by atomic mass is 16.2. The number of carbonyl (C=O) groups excluding carboxylic acids is 2. The smallest absolute Gasteiger partial charge is 0.250 e. The van der Waals surface area contributed by atoms with Gasteiger partial charge in [0.25, 0.3) is 5.91 Å². The number of fused-ring (bicyclic) bond motifs is 1. The van der Waals surface area contributed by atoms with E-state index in [9.17, 15) is 9.59 Å². The maximum atomic E-state index is 12.3. The van der Waals surface area contributed by atoms with Gasteiger partial charge in [-0.1, -0.05) is 24.3 Å². The average molecular weight is 299 g/mol. The molecule has 2 aliphatic heterocycles. The maximum Gasteiger partial charge on any atom is 0.250 e. The molecule has 0 aliphatic carbocycles. The van der Waals surface area contributed by atoms with Crippen LogP contribution in [0.15, 0.2) is 36.4 Å². The first kappa shape index (κ1) is 14.8. The van der Waals surface area contributed by atoms with Crippen molar-refractivity contribution in [3.8, 4) is 0 Å². The minimum absolute atomic E-state index is 0.00219. The van der Waals surface area contributed by atoms with Crippen LogP contribution in [0, 0.1) is 0 Å². The molecule has 0 spiro atoms. The molecular formula is C17H21N3O2. The van der Waals surface area contributed by atoms with E-state index in [0.717, 1.165) is 31.6 Å². The molecule has 2 heterocycles. The zero-order valence-electron chi connectivity index (χ0n) is 12.7. The van der Waals surface area contributed by atoms with Crippen LogP contribution in [0.5, 0.6) is 0 Å². The Morgan fingerprint density at radius 3 is 2.91 bits per heavy atom. The van der Waals surface area contributed by atoms with Gasteiger partial charge in [0.15, 0.2) is 0 Å². The number of amides is 2. The highest BCUT2D eigenvalue weighted by molar-refractivity contribution is 6.03. The molecule has 116 valence electrons. The lowest BCUT2D eigenvalue weighted by molar-refractivity contribution is -0.125. The van der Waals surface area contributed by atoms with Crippen LogP contribution in [0.1, 0.15) is 18.9 Å². The van der Waals surface area contributed by atoms with Gasteiger partial charge in [0.2, 0.25) is 5.91 Å². The molecule has 22 heavy (non-hydrogen) atoms. The summed E-state index contributed by atoms with van der Waals surface area (Å²) in [7, 11) is 0. The third-order valence-electron chi connectivity index (χ3n) is 4.19. The average Bonchev–Trinajstić information content (AvgIpc) is 2.86. The summed E-state index contributed by atoms with van der Waals surface area (Å²) in [5, 5.41) is 5.95. The first-order chi connectivity index (χ1) is 10.6. The molecule has 2 amide bonds. The number of benzene rings is 1. The van der Waals surface area contributed by atoms with Crippen molar-refractivity contribution in [2.75, 3.05) is 18.0 Å². The number of para-hydroxylation sites is 1. The summed E-state index contributed by atoms with van der Waals surface area (Å²) in [6.07, 6.45) is 5.09. The second-order valence-electron chi connectivity index (χ2n) is 5.82. The van der Waals surface area contributed by atoms with Gasteiger partial charge in [-0.25, -0.2) is 0 Å². The van der Waals surface area contributed by atoms with E-state index in [4.69, 9.17) is 0 Å². The normalized spacial score (nSPS) is 21.3. The van der Waals surface area contributed by atoms with Gasteiger partial charge in [-0.15, -0.1) is 0 Å². The Bertz CT molecular complexity index is 608. The minimum Gasteiger partial charge on any atom is -0.349 e. The molecule has 1 aromatic rings. The van der Waals surface area contributed by atoms with Crippen molar-refractivity contribution in [2.24, 2.45) is 0 Å². The lowest BCUT2D eigenvalue weighted by Crippen LogP contribution is -2.54. The van der Waals surface area contributed by atoms with Gasteiger partial charge in [-0.2, -0.15) is 0 Å². The van der Waals surface area contributed by atoms with Crippen LogP contribution < -0.4 is 15.5 Å². The van der Waals surface area contributed by atoms with E-state index in [1.807, 2.05) is 25.1 Å². The molecular weight excluding hydrogens is 278 g/mol. The van der Waals surface area contributed by atoms with E-state index < -0.39 is 0 Å². The zero-order valence-corrected chi connectivity index (χ0v) is 12.7. The maximum absolute atomic E-state index is 12.3. The van der Waals surface area contributed by atoms with Crippen LogP contribution >= 0.6 is 0 Å². The number of anilines is 1. The van der Waals surface area contributed by atoms with Crippen molar-refractivity contribution < 1.29 is 9.59 Å². The quantitative estimate of drug-likeness (QED) is 0.815. The van der Waals surface area contributed by atoms with E-state index in [2.05, 4.69) is 16.7 Å². The Labute approximate surface area is 130 Å². The molecule has 5 heteroatoms. The first-order valence-corrected chi connectivity index (χ1v) is 7.76. The van der Waals surface area contributed by atoms with Gasteiger partial charge in [-0.3, -0.25) is 9.59 Å². The van der Waals surface area contributed by atoms with E-state index in [0.29, 0.717) is 0 Å². The first-order valence-electron chi connectivity index (χ1n) is 7.76. The molecule has 0 bridgehead atoms. The molecule has 0 aromatic heterocycles. The fourth-order valence-electron chi connectivity index (χ4n) is 2.77. The standard InChI is InChI=1S/C17H21N3O2/c1-12(19-17(22)14-8-10-18-14)6-7-16(21)20-11-9-13-4-2-3-5-15(13)20/h2-7,12,14,18H,8-11H2,1H3,(H,19,22)/b7-6+/t12-,14-/m0/s1. The third-order valence-corrected chi connectivity index (χ3v) is 4.19. The van der Waals surface area contributed by atoms with Gasteiger partial charge < -0.3 is 15.5 Å². The lowest BCUT2D eigenvalue weighted by atomic mass is 10.1. The van der Waals surface area contributed by atoms with Crippen LogP contribution in [0.2, 0.25) is 0 Å². The van der Waals surface area contributed by atoms with Crippen molar-refractivity contribution >= 4 is 17.5 Å².